The minimum absolute atomic E-state index is 0.0141. The van der Waals surface area contributed by atoms with Crippen LogP contribution in [0.1, 0.15) is 20.7 Å². The van der Waals surface area contributed by atoms with Crippen molar-refractivity contribution in [1.29, 1.82) is 0 Å². The highest BCUT2D eigenvalue weighted by Crippen LogP contribution is 2.40. The number of hydrogen-bond donors (Lipinski definition) is 2. The van der Waals surface area contributed by atoms with Crippen LogP contribution in [0.15, 0.2) is 24.3 Å². The predicted octanol–water partition coefficient (Wildman–Crippen LogP) is -0.510. The van der Waals surface area contributed by atoms with Crippen LogP contribution in [0.2, 0.25) is 0 Å². The monoisotopic (exact) mass is 250 g/mol. The standard InChI is InChI=1S/C12H10O6/c13-9-7-3-1-2-4-8(7)10(14)12(16)11(9,15)17-5-6-18-12/h1-4,15-16H,5-6H2/t11-,12+. The molecule has 6 heteroatoms. The Bertz CT molecular complexity index is 504. The van der Waals surface area contributed by atoms with E-state index in [2.05, 4.69) is 0 Å². The molecule has 1 heterocycles. The third kappa shape index (κ3) is 1.15. The van der Waals surface area contributed by atoms with Crippen LogP contribution in [0.25, 0.3) is 0 Å². The van der Waals surface area contributed by atoms with E-state index in [0.717, 1.165) is 0 Å². The molecule has 1 aliphatic heterocycles. The van der Waals surface area contributed by atoms with Gasteiger partial charge in [-0.3, -0.25) is 9.59 Å². The fourth-order valence-electron chi connectivity index (χ4n) is 2.26. The molecule has 0 radical (unpaired) electrons. The summed E-state index contributed by atoms with van der Waals surface area (Å²) >= 11 is 0. The summed E-state index contributed by atoms with van der Waals surface area (Å²) in [5.74, 6) is -7.09. The van der Waals surface area contributed by atoms with E-state index in [1.807, 2.05) is 0 Å². The van der Waals surface area contributed by atoms with E-state index >= 15 is 0 Å². The first-order valence-corrected chi connectivity index (χ1v) is 5.42. The lowest BCUT2D eigenvalue weighted by Crippen LogP contribution is -2.71. The Morgan fingerprint density at radius 2 is 1.28 bits per heavy atom. The summed E-state index contributed by atoms with van der Waals surface area (Å²) in [6.45, 7) is -0.167. The van der Waals surface area contributed by atoms with Gasteiger partial charge < -0.3 is 19.7 Å². The van der Waals surface area contributed by atoms with Gasteiger partial charge in [0.15, 0.2) is 0 Å². The second-order valence-electron chi connectivity index (χ2n) is 4.19. The summed E-state index contributed by atoms with van der Waals surface area (Å²) in [7, 11) is 0. The van der Waals surface area contributed by atoms with Crippen LogP contribution >= 0.6 is 0 Å². The van der Waals surface area contributed by atoms with Crippen LogP contribution in [0.4, 0.5) is 0 Å². The maximum absolute atomic E-state index is 12.2. The van der Waals surface area contributed by atoms with Crippen LogP contribution in [-0.2, 0) is 9.47 Å². The number of benzene rings is 1. The molecule has 2 aliphatic rings. The molecule has 94 valence electrons. The van der Waals surface area contributed by atoms with Crippen LogP contribution in [0.3, 0.4) is 0 Å². The highest BCUT2D eigenvalue weighted by atomic mass is 16.7. The van der Waals surface area contributed by atoms with Crippen molar-refractivity contribution in [3.63, 3.8) is 0 Å². The summed E-state index contributed by atoms with van der Waals surface area (Å²) < 4.78 is 9.84. The van der Waals surface area contributed by atoms with Crippen molar-refractivity contribution in [2.24, 2.45) is 0 Å². The zero-order valence-corrected chi connectivity index (χ0v) is 9.25. The summed E-state index contributed by atoms with van der Waals surface area (Å²) in [5, 5.41) is 20.3. The lowest BCUT2D eigenvalue weighted by molar-refractivity contribution is -0.366. The molecule has 1 fully saturated rings. The summed E-state index contributed by atoms with van der Waals surface area (Å²) in [6.07, 6.45) is 0. The van der Waals surface area contributed by atoms with Gasteiger partial charge in [-0.05, 0) is 0 Å². The van der Waals surface area contributed by atoms with Crippen molar-refractivity contribution < 1.29 is 29.3 Å². The Morgan fingerprint density at radius 3 is 1.67 bits per heavy atom. The molecule has 18 heavy (non-hydrogen) atoms. The normalized spacial score (nSPS) is 35.0. The maximum atomic E-state index is 12.2. The topological polar surface area (TPSA) is 93.1 Å². The Hall–Kier alpha value is -1.60. The van der Waals surface area contributed by atoms with Gasteiger partial charge in [0.1, 0.15) is 0 Å². The number of aliphatic hydroxyl groups is 2. The second kappa shape index (κ2) is 3.46. The molecule has 2 atom stereocenters. The molecule has 0 spiro atoms. The van der Waals surface area contributed by atoms with Crippen molar-refractivity contribution in [3.8, 4) is 0 Å². The molecule has 1 aromatic rings. The van der Waals surface area contributed by atoms with Gasteiger partial charge in [0.25, 0.3) is 11.6 Å². The summed E-state index contributed by atoms with van der Waals surface area (Å²) in [5.41, 5.74) is 0.0281. The average molecular weight is 250 g/mol. The van der Waals surface area contributed by atoms with Gasteiger partial charge in [-0.1, -0.05) is 24.3 Å². The van der Waals surface area contributed by atoms with Crippen molar-refractivity contribution in [2.45, 2.75) is 11.6 Å². The van der Waals surface area contributed by atoms with Gasteiger partial charge in [0.2, 0.25) is 11.6 Å². The van der Waals surface area contributed by atoms with Crippen LogP contribution in [0.5, 0.6) is 0 Å². The number of hydrogen-bond acceptors (Lipinski definition) is 6. The molecule has 2 N–H and O–H groups in total. The lowest BCUT2D eigenvalue weighted by atomic mass is 9.80. The second-order valence-corrected chi connectivity index (χ2v) is 4.19. The summed E-state index contributed by atoms with van der Waals surface area (Å²) in [4.78, 5) is 24.3. The first-order chi connectivity index (χ1) is 8.51. The first kappa shape index (κ1) is 11.5. The quantitative estimate of drug-likeness (QED) is 0.644. The highest BCUT2D eigenvalue weighted by molar-refractivity contribution is 6.20. The van der Waals surface area contributed by atoms with Crippen LogP contribution in [-0.4, -0.2) is 46.6 Å². The van der Waals surface area contributed by atoms with Gasteiger partial charge >= 0.3 is 0 Å². The molecule has 0 bridgehead atoms. The fraction of sp³-hybridized carbons (Fsp3) is 0.333. The van der Waals surface area contributed by atoms with Crippen LogP contribution < -0.4 is 0 Å². The molecular weight excluding hydrogens is 240 g/mol. The van der Waals surface area contributed by atoms with E-state index in [9.17, 15) is 19.8 Å². The van der Waals surface area contributed by atoms with E-state index < -0.39 is 23.1 Å². The molecular formula is C12H10O6. The summed E-state index contributed by atoms with van der Waals surface area (Å²) in [6, 6.07) is 5.90. The van der Waals surface area contributed by atoms with Gasteiger partial charge in [-0.25, -0.2) is 0 Å². The molecule has 0 aromatic heterocycles. The van der Waals surface area contributed by atoms with Crippen molar-refractivity contribution in [3.05, 3.63) is 35.4 Å². The third-order valence-corrected chi connectivity index (χ3v) is 3.20. The number of rotatable bonds is 0. The largest absolute Gasteiger partial charge is 0.355 e. The molecule has 1 aromatic carbocycles. The van der Waals surface area contributed by atoms with Gasteiger partial charge in [0.05, 0.1) is 13.2 Å². The minimum atomic E-state index is -2.67. The molecule has 0 unspecified atom stereocenters. The Labute approximate surface area is 102 Å². The third-order valence-electron chi connectivity index (χ3n) is 3.20. The zero-order valence-electron chi connectivity index (χ0n) is 9.25. The van der Waals surface area contributed by atoms with E-state index in [1.165, 1.54) is 12.1 Å². The Kier molecular flexibility index (Phi) is 2.21. The maximum Gasteiger partial charge on any atom is 0.295 e. The van der Waals surface area contributed by atoms with E-state index in [4.69, 9.17) is 9.47 Å². The number of ether oxygens (including phenoxy) is 2. The van der Waals surface area contributed by atoms with Gasteiger partial charge in [0, 0.05) is 11.1 Å². The molecule has 3 rings (SSSR count). The highest BCUT2D eigenvalue weighted by Gasteiger charge is 2.67. The predicted molar refractivity (Wildman–Crippen MR) is 56.9 cm³/mol. The average Bonchev–Trinajstić information content (AvgIpc) is 2.39. The number of ketones is 2. The molecule has 1 aliphatic carbocycles. The molecule has 0 amide bonds. The smallest absolute Gasteiger partial charge is 0.295 e. The lowest BCUT2D eigenvalue weighted by Gasteiger charge is -2.45. The van der Waals surface area contributed by atoms with E-state index in [-0.39, 0.29) is 24.3 Å². The molecule has 0 saturated carbocycles. The van der Waals surface area contributed by atoms with E-state index in [1.54, 1.807) is 12.1 Å². The van der Waals surface area contributed by atoms with Gasteiger partial charge in [-0.2, -0.15) is 0 Å². The Morgan fingerprint density at radius 1 is 0.889 bits per heavy atom. The van der Waals surface area contributed by atoms with Crippen molar-refractivity contribution >= 4 is 11.6 Å². The van der Waals surface area contributed by atoms with Crippen LogP contribution in [0, 0.1) is 0 Å². The number of carbonyl (C=O) groups excluding carboxylic acids is 2. The number of carbonyl (C=O) groups is 2. The fourth-order valence-corrected chi connectivity index (χ4v) is 2.26. The Balaban J connectivity index is 2.27. The van der Waals surface area contributed by atoms with E-state index in [0.29, 0.717) is 0 Å². The SMILES string of the molecule is O=C1c2ccccc2C(=O)[C@@]2(O)OCCO[C@@]12O. The number of Topliss-reactive ketones (excluding diaryl/α,β-unsaturated/α-hetero) is 2. The van der Waals surface area contributed by atoms with Crippen molar-refractivity contribution in [1.82, 2.24) is 0 Å². The van der Waals surface area contributed by atoms with Crippen molar-refractivity contribution in [2.75, 3.05) is 13.2 Å². The zero-order chi connectivity index (χ0) is 13.0. The number of fused-ring (bicyclic) bond motifs is 2. The molecule has 6 nitrogen and oxygen atoms in total. The molecule has 1 saturated heterocycles. The first-order valence-electron chi connectivity index (χ1n) is 5.42. The minimum Gasteiger partial charge on any atom is -0.355 e. The van der Waals surface area contributed by atoms with Gasteiger partial charge in [-0.15, -0.1) is 0 Å².